The molecule has 0 saturated heterocycles. The molecular formula is C18H16ClN3O3. The number of hydrogen-bond acceptors (Lipinski definition) is 4. The normalized spacial score (nSPS) is 10.9. The summed E-state index contributed by atoms with van der Waals surface area (Å²) >= 11 is 5.86. The minimum Gasteiger partial charge on any atom is -0.322 e. The van der Waals surface area contributed by atoms with Crippen LogP contribution in [0.2, 0.25) is 5.15 Å². The summed E-state index contributed by atoms with van der Waals surface area (Å²) in [6, 6.07) is 9.72. The maximum Gasteiger partial charge on any atom is 0.251 e. The summed E-state index contributed by atoms with van der Waals surface area (Å²) in [6.07, 6.45) is 2.67. The van der Waals surface area contributed by atoms with Crippen molar-refractivity contribution in [3.8, 4) is 0 Å². The quantitative estimate of drug-likeness (QED) is 0.487. The van der Waals surface area contributed by atoms with Gasteiger partial charge in [-0.2, -0.15) is 0 Å². The number of benzene rings is 1. The minimum absolute atomic E-state index is 0.0558. The molecule has 0 radical (unpaired) electrons. The van der Waals surface area contributed by atoms with Gasteiger partial charge in [-0.05, 0) is 50.2 Å². The van der Waals surface area contributed by atoms with Crippen molar-refractivity contribution in [1.82, 2.24) is 4.98 Å². The third kappa shape index (κ3) is 5.26. The van der Waals surface area contributed by atoms with Crippen molar-refractivity contribution in [1.29, 1.82) is 0 Å². The molecule has 0 aliphatic rings. The first-order valence-corrected chi connectivity index (χ1v) is 7.77. The highest BCUT2D eigenvalue weighted by Gasteiger charge is 2.09. The van der Waals surface area contributed by atoms with Gasteiger partial charge in [0.25, 0.3) is 5.91 Å². The molecule has 25 heavy (non-hydrogen) atoms. The Hall–Kier alpha value is -2.99. The van der Waals surface area contributed by atoms with Crippen molar-refractivity contribution < 1.29 is 14.4 Å². The van der Waals surface area contributed by atoms with Gasteiger partial charge in [0.05, 0.1) is 5.69 Å². The van der Waals surface area contributed by atoms with E-state index in [1.54, 1.807) is 36.4 Å². The lowest BCUT2D eigenvalue weighted by atomic mass is 10.1. The van der Waals surface area contributed by atoms with E-state index in [1.807, 2.05) is 0 Å². The first-order chi connectivity index (χ1) is 11.9. The van der Waals surface area contributed by atoms with Crippen molar-refractivity contribution in [3.05, 3.63) is 65.0 Å². The molecule has 0 bridgehead atoms. The Bertz CT molecular complexity index is 845. The summed E-state index contributed by atoms with van der Waals surface area (Å²) in [5.41, 5.74) is 1.66. The van der Waals surface area contributed by atoms with Crippen LogP contribution in [0.3, 0.4) is 0 Å². The molecular weight excluding hydrogens is 342 g/mol. The van der Waals surface area contributed by atoms with Gasteiger partial charge in [-0.25, -0.2) is 4.98 Å². The van der Waals surface area contributed by atoms with Crippen LogP contribution in [0, 0.1) is 0 Å². The fourth-order valence-electron chi connectivity index (χ4n) is 1.93. The fraction of sp³-hybridized carbons (Fsp3) is 0.111. The topological polar surface area (TPSA) is 88.2 Å². The molecule has 0 saturated carbocycles. The van der Waals surface area contributed by atoms with E-state index in [-0.39, 0.29) is 16.5 Å². The lowest BCUT2D eigenvalue weighted by Gasteiger charge is -2.07. The summed E-state index contributed by atoms with van der Waals surface area (Å²) in [4.78, 5) is 39.2. The highest BCUT2D eigenvalue weighted by molar-refractivity contribution is 6.32. The van der Waals surface area contributed by atoms with Gasteiger partial charge < -0.3 is 10.6 Å². The molecule has 1 aromatic heterocycles. The van der Waals surface area contributed by atoms with Gasteiger partial charge in [-0.15, -0.1) is 0 Å². The van der Waals surface area contributed by atoms with Gasteiger partial charge in [0.15, 0.2) is 10.9 Å². The van der Waals surface area contributed by atoms with Crippen LogP contribution < -0.4 is 10.6 Å². The lowest BCUT2D eigenvalue weighted by Crippen LogP contribution is -2.16. The van der Waals surface area contributed by atoms with Gasteiger partial charge in [0.2, 0.25) is 5.91 Å². The number of Topliss-reactive ketones (excluding diaryl/α,β-unsaturated/α-hetero) is 1. The number of carbonyl (C=O) groups excluding carboxylic acids is 3. The Morgan fingerprint density at radius 1 is 1.04 bits per heavy atom. The standard InChI is InChI=1S/C18H16ClN3O3/c1-11(10-16(24)22-15-4-3-9-20-17(15)19)18(25)21-14-7-5-13(6-8-14)12(2)23/h3-10H,1-2H3,(H,21,25)(H,22,24)/b11-10-. The zero-order valence-corrected chi connectivity index (χ0v) is 14.4. The predicted molar refractivity (Wildman–Crippen MR) is 96.7 cm³/mol. The van der Waals surface area contributed by atoms with Crippen LogP contribution in [0.4, 0.5) is 11.4 Å². The number of ketones is 1. The molecule has 0 atom stereocenters. The van der Waals surface area contributed by atoms with Crippen LogP contribution in [-0.2, 0) is 9.59 Å². The minimum atomic E-state index is -0.491. The van der Waals surface area contributed by atoms with Crippen molar-refractivity contribution in [2.45, 2.75) is 13.8 Å². The summed E-state index contributed by atoms with van der Waals surface area (Å²) in [7, 11) is 0. The Morgan fingerprint density at radius 3 is 2.32 bits per heavy atom. The van der Waals surface area contributed by atoms with E-state index in [2.05, 4.69) is 15.6 Å². The Kier molecular flexibility index (Phi) is 6.03. The molecule has 2 rings (SSSR count). The van der Waals surface area contributed by atoms with Crippen molar-refractivity contribution in [3.63, 3.8) is 0 Å². The number of pyridine rings is 1. The molecule has 1 aromatic carbocycles. The van der Waals surface area contributed by atoms with Gasteiger partial charge in [-0.3, -0.25) is 14.4 Å². The van der Waals surface area contributed by atoms with Crippen LogP contribution in [0.1, 0.15) is 24.2 Å². The summed E-state index contributed by atoms with van der Waals surface area (Å²) in [5.74, 6) is -0.975. The van der Waals surface area contributed by atoms with E-state index in [0.717, 1.165) is 0 Å². The SMILES string of the molecule is CC(=O)c1ccc(NC(=O)/C(C)=C\C(=O)Nc2cccnc2Cl)cc1. The van der Waals surface area contributed by atoms with E-state index >= 15 is 0 Å². The van der Waals surface area contributed by atoms with Crippen molar-refractivity contribution >= 4 is 40.6 Å². The number of anilines is 2. The van der Waals surface area contributed by atoms with Crippen molar-refractivity contribution in [2.75, 3.05) is 10.6 Å². The van der Waals surface area contributed by atoms with Crippen molar-refractivity contribution in [2.24, 2.45) is 0 Å². The largest absolute Gasteiger partial charge is 0.322 e. The number of halogens is 1. The van der Waals surface area contributed by atoms with Gasteiger partial charge in [-0.1, -0.05) is 11.6 Å². The molecule has 0 fully saturated rings. The lowest BCUT2D eigenvalue weighted by molar-refractivity contribution is -0.114. The highest BCUT2D eigenvalue weighted by atomic mass is 35.5. The van der Waals surface area contributed by atoms with Crippen LogP contribution in [0.15, 0.2) is 54.2 Å². The summed E-state index contributed by atoms with van der Waals surface area (Å²) in [5, 5.41) is 5.37. The zero-order chi connectivity index (χ0) is 18.4. The summed E-state index contributed by atoms with van der Waals surface area (Å²) < 4.78 is 0. The monoisotopic (exact) mass is 357 g/mol. The molecule has 0 spiro atoms. The maximum absolute atomic E-state index is 12.1. The number of nitrogens with zero attached hydrogens (tertiary/aromatic N) is 1. The molecule has 0 aliphatic carbocycles. The Balaban J connectivity index is 2.00. The summed E-state index contributed by atoms with van der Waals surface area (Å²) in [6.45, 7) is 2.98. The molecule has 1 heterocycles. The van der Waals surface area contributed by atoms with E-state index in [0.29, 0.717) is 16.9 Å². The molecule has 6 nitrogen and oxygen atoms in total. The first kappa shape index (κ1) is 18.4. The number of rotatable bonds is 5. The van der Waals surface area contributed by atoms with Crippen LogP contribution in [-0.4, -0.2) is 22.6 Å². The van der Waals surface area contributed by atoms with E-state index in [9.17, 15) is 14.4 Å². The highest BCUT2D eigenvalue weighted by Crippen LogP contribution is 2.17. The number of aromatic nitrogens is 1. The smallest absolute Gasteiger partial charge is 0.251 e. The average Bonchev–Trinajstić information content (AvgIpc) is 2.57. The van der Waals surface area contributed by atoms with Crippen LogP contribution in [0.5, 0.6) is 0 Å². The Morgan fingerprint density at radius 2 is 1.72 bits per heavy atom. The second-order valence-corrected chi connectivity index (χ2v) is 5.60. The third-order valence-corrected chi connectivity index (χ3v) is 3.57. The van der Waals surface area contributed by atoms with E-state index in [1.165, 1.54) is 26.1 Å². The number of carbonyl (C=O) groups is 3. The number of hydrogen-bond donors (Lipinski definition) is 2. The average molecular weight is 358 g/mol. The third-order valence-electron chi connectivity index (χ3n) is 3.27. The van der Waals surface area contributed by atoms with E-state index < -0.39 is 11.8 Å². The van der Waals surface area contributed by atoms with Gasteiger partial charge in [0, 0.05) is 29.1 Å². The number of nitrogens with one attached hydrogen (secondary N) is 2. The van der Waals surface area contributed by atoms with Gasteiger partial charge in [0.1, 0.15) is 0 Å². The molecule has 128 valence electrons. The second kappa shape index (κ2) is 8.21. The predicted octanol–water partition coefficient (Wildman–Crippen LogP) is 3.46. The fourth-order valence-corrected chi connectivity index (χ4v) is 2.09. The second-order valence-electron chi connectivity index (χ2n) is 5.25. The molecule has 2 aromatic rings. The molecule has 2 N–H and O–H groups in total. The molecule has 0 aliphatic heterocycles. The van der Waals surface area contributed by atoms with E-state index in [4.69, 9.17) is 11.6 Å². The molecule has 0 unspecified atom stereocenters. The first-order valence-electron chi connectivity index (χ1n) is 7.39. The Labute approximate surface area is 149 Å². The molecule has 2 amide bonds. The zero-order valence-electron chi connectivity index (χ0n) is 13.7. The molecule has 7 heteroatoms. The van der Waals surface area contributed by atoms with Crippen LogP contribution in [0.25, 0.3) is 0 Å². The number of amides is 2. The maximum atomic E-state index is 12.1. The van der Waals surface area contributed by atoms with Crippen LogP contribution >= 0.6 is 11.6 Å². The van der Waals surface area contributed by atoms with Gasteiger partial charge >= 0.3 is 0 Å².